The Morgan fingerprint density at radius 3 is 2.58 bits per heavy atom. The minimum atomic E-state index is -0.433. The van der Waals surface area contributed by atoms with Crippen LogP contribution in [0.4, 0.5) is 5.00 Å². The zero-order valence-corrected chi connectivity index (χ0v) is 19.5. The van der Waals surface area contributed by atoms with E-state index in [0.717, 1.165) is 27.0 Å². The number of pyridine rings is 1. The van der Waals surface area contributed by atoms with Gasteiger partial charge in [-0.25, -0.2) is 4.79 Å². The number of rotatable bonds is 3. The average molecular weight is 438 g/mol. The Morgan fingerprint density at radius 2 is 1.87 bits per heavy atom. The Balaban J connectivity index is 1.76. The fourth-order valence-electron chi connectivity index (χ4n) is 4.47. The van der Waals surface area contributed by atoms with E-state index in [0.29, 0.717) is 22.5 Å². The van der Waals surface area contributed by atoms with E-state index in [1.807, 2.05) is 25.1 Å². The molecule has 4 rings (SSSR count). The first-order valence-electron chi connectivity index (χ1n) is 10.2. The van der Waals surface area contributed by atoms with Crippen molar-refractivity contribution in [1.29, 1.82) is 0 Å². The van der Waals surface area contributed by atoms with E-state index in [9.17, 15) is 9.59 Å². The smallest absolute Gasteiger partial charge is 0.341 e. The predicted octanol–water partition coefficient (Wildman–Crippen LogP) is 4.80. The summed E-state index contributed by atoms with van der Waals surface area (Å²) in [5, 5.41) is 8.09. The predicted molar refractivity (Wildman–Crippen MR) is 124 cm³/mol. The van der Waals surface area contributed by atoms with Gasteiger partial charge in [0.05, 0.1) is 18.2 Å². The fourth-order valence-corrected chi connectivity index (χ4v) is 5.73. The van der Waals surface area contributed by atoms with Crippen LogP contribution in [-0.4, -0.2) is 29.5 Å². The molecule has 3 heterocycles. The summed E-state index contributed by atoms with van der Waals surface area (Å²) in [6.07, 6.45) is 0.668. The molecule has 1 aromatic carbocycles. The zero-order chi connectivity index (χ0) is 22.6. The molecule has 0 fully saturated rings. The lowest BCUT2D eigenvalue weighted by Gasteiger charge is -2.42. The monoisotopic (exact) mass is 437 g/mol. The van der Waals surface area contributed by atoms with Crippen molar-refractivity contribution in [3.8, 4) is 0 Å². The maximum Gasteiger partial charge on any atom is 0.341 e. The number of esters is 1. The van der Waals surface area contributed by atoms with Crippen LogP contribution in [0.3, 0.4) is 0 Å². The Kier molecular flexibility index (Phi) is 5.14. The van der Waals surface area contributed by atoms with Crippen LogP contribution in [0.15, 0.2) is 30.3 Å². The number of hydrogen-bond donors (Lipinski definition) is 2. The highest BCUT2D eigenvalue weighted by Crippen LogP contribution is 2.45. The Morgan fingerprint density at radius 1 is 1.16 bits per heavy atom. The highest BCUT2D eigenvalue weighted by atomic mass is 32.1. The number of carbonyl (C=O) groups is 2. The number of aromatic nitrogens is 1. The van der Waals surface area contributed by atoms with E-state index in [-0.39, 0.29) is 17.0 Å². The molecular weight excluding hydrogens is 410 g/mol. The summed E-state index contributed by atoms with van der Waals surface area (Å²) in [6, 6.07) is 9.36. The van der Waals surface area contributed by atoms with E-state index in [2.05, 4.69) is 43.3 Å². The summed E-state index contributed by atoms with van der Waals surface area (Å²) in [5.74, 6) is -0.712. The number of thiophene rings is 1. The van der Waals surface area contributed by atoms with Crippen molar-refractivity contribution in [1.82, 2.24) is 10.3 Å². The van der Waals surface area contributed by atoms with Crippen LogP contribution in [0.2, 0.25) is 0 Å². The van der Waals surface area contributed by atoms with Crippen LogP contribution < -0.4 is 10.6 Å². The molecule has 0 saturated carbocycles. The fraction of sp³-hybridized carbons (Fsp3) is 0.375. The molecule has 0 radical (unpaired) electrons. The second-order valence-corrected chi connectivity index (χ2v) is 10.3. The van der Waals surface area contributed by atoms with E-state index in [4.69, 9.17) is 4.74 Å². The number of carbonyl (C=O) groups excluding carboxylic acids is 2. The molecule has 2 N–H and O–H groups in total. The van der Waals surface area contributed by atoms with Gasteiger partial charge in [0.2, 0.25) is 0 Å². The van der Waals surface area contributed by atoms with Gasteiger partial charge in [0.15, 0.2) is 0 Å². The molecule has 31 heavy (non-hydrogen) atoms. The Labute approximate surface area is 186 Å². The molecule has 0 bridgehead atoms. The van der Waals surface area contributed by atoms with Crippen molar-refractivity contribution in [2.75, 3.05) is 12.4 Å². The number of ether oxygens (including phenoxy) is 1. The lowest BCUT2D eigenvalue weighted by Crippen LogP contribution is -2.55. The van der Waals surface area contributed by atoms with Crippen LogP contribution in [-0.2, 0) is 16.7 Å². The third-order valence-corrected chi connectivity index (χ3v) is 7.03. The van der Waals surface area contributed by atoms with Gasteiger partial charge in [-0.15, -0.1) is 11.3 Å². The van der Waals surface area contributed by atoms with Gasteiger partial charge in [0.25, 0.3) is 5.91 Å². The number of amides is 1. The SMILES string of the molecule is COC(=O)c1c(NC(=O)c2ccc3ccc(C)nc3c2)sc2c1CC(C)(C)NC2(C)C. The summed E-state index contributed by atoms with van der Waals surface area (Å²) in [6.45, 7) is 10.3. The van der Waals surface area contributed by atoms with Gasteiger partial charge in [-0.05, 0) is 64.8 Å². The van der Waals surface area contributed by atoms with Gasteiger partial charge in [-0.3, -0.25) is 9.78 Å². The molecule has 0 atom stereocenters. The lowest BCUT2D eigenvalue weighted by molar-refractivity contribution is 0.0600. The number of fused-ring (bicyclic) bond motifs is 2. The number of aryl methyl sites for hydroxylation is 1. The second kappa shape index (κ2) is 7.43. The molecule has 162 valence electrons. The van der Waals surface area contributed by atoms with Crippen LogP contribution in [0.5, 0.6) is 0 Å². The van der Waals surface area contributed by atoms with Crippen molar-refractivity contribution in [2.24, 2.45) is 0 Å². The maximum atomic E-state index is 13.1. The van der Waals surface area contributed by atoms with Crippen LogP contribution in [0, 0.1) is 6.92 Å². The lowest BCUT2D eigenvalue weighted by atomic mass is 9.81. The van der Waals surface area contributed by atoms with E-state index >= 15 is 0 Å². The third kappa shape index (κ3) is 3.95. The van der Waals surface area contributed by atoms with Crippen LogP contribution in [0.1, 0.15) is 64.5 Å². The highest BCUT2D eigenvalue weighted by molar-refractivity contribution is 7.17. The quantitative estimate of drug-likeness (QED) is 0.575. The number of nitrogens with one attached hydrogen (secondary N) is 2. The van der Waals surface area contributed by atoms with Crippen molar-refractivity contribution < 1.29 is 14.3 Å². The van der Waals surface area contributed by atoms with Crippen molar-refractivity contribution in [3.05, 3.63) is 57.6 Å². The van der Waals surface area contributed by atoms with Crippen molar-refractivity contribution >= 4 is 39.1 Å². The number of benzene rings is 1. The molecule has 1 aliphatic rings. The summed E-state index contributed by atoms with van der Waals surface area (Å²) in [4.78, 5) is 31.4. The van der Waals surface area contributed by atoms with Gasteiger partial charge in [-0.1, -0.05) is 12.1 Å². The molecule has 3 aromatic rings. The molecule has 0 saturated heterocycles. The number of hydrogen-bond acceptors (Lipinski definition) is 6. The second-order valence-electron chi connectivity index (χ2n) is 9.23. The molecule has 1 aliphatic heterocycles. The standard InChI is InChI=1S/C24H27N3O3S/c1-13-7-8-14-9-10-15(11-17(14)25-13)20(28)26-21-18(22(29)30-6)16-12-23(2,3)27-24(4,5)19(16)31-21/h7-11,27H,12H2,1-6H3,(H,26,28). The molecule has 2 aromatic heterocycles. The van der Waals surface area contributed by atoms with Crippen LogP contribution >= 0.6 is 11.3 Å². The molecule has 0 unspecified atom stereocenters. The molecule has 0 spiro atoms. The molecule has 6 nitrogen and oxygen atoms in total. The molecule has 0 aliphatic carbocycles. The van der Waals surface area contributed by atoms with Crippen LogP contribution in [0.25, 0.3) is 10.9 Å². The third-order valence-electron chi connectivity index (χ3n) is 5.55. The van der Waals surface area contributed by atoms with E-state index in [1.165, 1.54) is 18.4 Å². The van der Waals surface area contributed by atoms with Gasteiger partial charge >= 0.3 is 5.97 Å². The molecular formula is C24H27N3O3S. The van der Waals surface area contributed by atoms with Gasteiger partial charge in [0, 0.05) is 32.6 Å². The first-order chi connectivity index (χ1) is 14.5. The van der Waals surface area contributed by atoms with Crippen molar-refractivity contribution in [3.63, 3.8) is 0 Å². The summed E-state index contributed by atoms with van der Waals surface area (Å²) in [5.41, 5.74) is 3.01. The van der Waals surface area contributed by atoms with Crippen molar-refractivity contribution in [2.45, 2.75) is 52.1 Å². The minimum Gasteiger partial charge on any atom is -0.465 e. The highest BCUT2D eigenvalue weighted by Gasteiger charge is 2.42. The Bertz CT molecular complexity index is 1210. The Hall–Kier alpha value is -2.77. The maximum absolute atomic E-state index is 13.1. The normalized spacial score (nSPS) is 16.6. The van der Waals surface area contributed by atoms with Gasteiger partial charge in [-0.2, -0.15) is 0 Å². The minimum absolute atomic E-state index is 0.191. The topological polar surface area (TPSA) is 80.3 Å². The summed E-state index contributed by atoms with van der Waals surface area (Å²) >= 11 is 1.43. The zero-order valence-electron chi connectivity index (χ0n) is 18.7. The number of anilines is 1. The number of nitrogens with zero attached hydrogens (tertiary/aromatic N) is 1. The van der Waals surface area contributed by atoms with Gasteiger partial charge in [0.1, 0.15) is 5.00 Å². The molecule has 7 heteroatoms. The first kappa shape index (κ1) is 21.5. The summed E-state index contributed by atoms with van der Waals surface area (Å²) in [7, 11) is 1.37. The van der Waals surface area contributed by atoms with E-state index in [1.54, 1.807) is 12.1 Å². The molecule has 1 amide bonds. The largest absolute Gasteiger partial charge is 0.465 e. The average Bonchev–Trinajstić information content (AvgIpc) is 3.03. The van der Waals surface area contributed by atoms with E-state index < -0.39 is 5.97 Å². The number of methoxy groups -OCH3 is 1. The van der Waals surface area contributed by atoms with Gasteiger partial charge < -0.3 is 15.4 Å². The first-order valence-corrected chi connectivity index (χ1v) is 11.0. The summed E-state index contributed by atoms with van der Waals surface area (Å²) < 4.78 is 5.08.